The highest BCUT2D eigenvalue weighted by Crippen LogP contribution is 2.22. The van der Waals surface area contributed by atoms with E-state index in [9.17, 15) is 4.79 Å². The largest absolute Gasteiger partial charge is 0.478 e. The lowest BCUT2D eigenvalue weighted by Crippen LogP contribution is -2.09. The molecule has 0 spiro atoms. The van der Waals surface area contributed by atoms with Gasteiger partial charge < -0.3 is 9.15 Å². The van der Waals surface area contributed by atoms with Crippen LogP contribution < -0.4 is 16.1 Å². The van der Waals surface area contributed by atoms with Gasteiger partial charge in [0, 0.05) is 0 Å². The van der Waals surface area contributed by atoms with E-state index in [2.05, 4.69) is 0 Å². The molecule has 1 aromatic heterocycles. The molecular formula is C10H10ClNO3. The van der Waals surface area contributed by atoms with Crippen molar-refractivity contribution in [2.24, 2.45) is 5.73 Å². The maximum Gasteiger partial charge on any atom is 0.339 e. The Hall–Kier alpha value is -1.52. The van der Waals surface area contributed by atoms with Gasteiger partial charge in [-0.3, -0.25) is 5.73 Å². The number of hydrogen-bond acceptors (Lipinski definition) is 4. The van der Waals surface area contributed by atoms with Crippen LogP contribution >= 0.6 is 12.4 Å². The molecule has 2 aromatic rings. The van der Waals surface area contributed by atoms with Crippen LogP contribution in [0.1, 0.15) is 0 Å². The van der Waals surface area contributed by atoms with E-state index in [1.165, 1.54) is 6.07 Å². The second kappa shape index (κ2) is 4.82. The number of ether oxygens (including phenoxy) is 1. The molecule has 0 saturated carbocycles. The Kier molecular flexibility index (Phi) is 3.71. The van der Waals surface area contributed by atoms with Gasteiger partial charge in [-0.05, 0) is 12.1 Å². The summed E-state index contributed by atoms with van der Waals surface area (Å²) in [6.45, 7) is 0.0352. The van der Waals surface area contributed by atoms with Gasteiger partial charge in [-0.1, -0.05) is 12.1 Å². The Labute approximate surface area is 92.1 Å². The van der Waals surface area contributed by atoms with E-state index >= 15 is 0 Å². The Balaban J connectivity index is 0.00000112. The van der Waals surface area contributed by atoms with Gasteiger partial charge in [0.2, 0.25) is 0 Å². The van der Waals surface area contributed by atoms with Crippen LogP contribution in [-0.2, 0) is 0 Å². The molecule has 5 heteroatoms. The molecule has 0 atom stereocenters. The highest BCUT2D eigenvalue weighted by molar-refractivity contribution is 5.85. The minimum absolute atomic E-state index is 0. The van der Waals surface area contributed by atoms with E-state index in [0.29, 0.717) is 11.3 Å². The first-order valence-electron chi connectivity index (χ1n) is 4.17. The first-order valence-corrected chi connectivity index (χ1v) is 4.17. The van der Waals surface area contributed by atoms with Crippen molar-refractivity contribution in [1.82, 2.24) is 0 Å². The van der Waals surface area contributed by atoms with Crippen LogP contribution in [0.4, 0.5) is 0 Å². The van der Waals surface area contributed by atoms with Crippen LogP contribution in [0.5, 0.6) is 5.75 Å². The fourth-order valence-electron chi connectivity index (χ4n) is 1.29. The summed E-state index contributed by atoms with van der Waals surface area (Å²) < 4.78 is 10.1. The summed E-state index contributed by atoms with van der Waals surface area (Å²) in [5.41, 5.74) is 5.31. The Morgan fingerprint density at radius 2 is 2.07 bits per heavy atom. The number of nitrogens with two attached hydrogens (primary N) is 1. The van der Waals surface area contributed by atoms with Crippen LogP contribution in [0.25, 0.3) is 11.0 Å². The monoisotopic (exact) mass is 227 g/mol. The van der Waals surface area contributed by atoms with Gasteiger partial charge in [0.1, 0.15) is 18.1 Å². The minimum Gasteiger partial charge on any atom is -0.478 e. The summed E-state index contributed by atoms with van der Waals surface area (Å²) in [5, 5.41) is 0.748. The smallest absolute Gasteiger partial charge is 0.339 e. The third-order valence-electron chi connectivity index (χ3n) is 1.85. The summed E-state index contributed by atoms with van der Waals surface area (Å²) in [6, 6.07) is 8.43. The topological polar surface area (TPSA) is 65.5 Å². The van der Waals surface area contributed by atoms with E-state index in [-0.39, 0.29) is 19.1 Å². The summed E-state index contributed by atoms with van der Waals surface area (Å²) in [5.74, 6) is 0.458. The van der Waals surface area contributed by atoms with Crippen molar-refractivity contribution in [3.63, 3.8) is 0 Å². The van der Waals surface area contributed by atoms with Crippen molar-refractivity contribution < 1.29 is 9.15 Å². The van der Waals surface area contributed by atoms with E-state index in [4.69, 9.17) is 14.9 Å². The first-order chi connectivity index (χ1) is 6.81. The summed E-state index contributed by atoms with van der Waals surface area (Å²) in [6.07, 6.45) is 0. The lowest BCUT2D eigenvalue weighted by Gasteiger charge is -2.04. The molecule has 0 amide bonds. The second-order valence-electron chi connectivity index (χ2n) is 2.74. The standard InChI is InChI=1S/C10H9NO3.ClH/c11-6-13-9-5-10(12)14-8-4-2-1-3-7(8)9;/h1-5H,6,11H2;1H. The number of para-hydroxylation sites is 1. The lowest BCUT2D eigenvalue weighted by molar-refractivity contribution is 0.330. The van der Waals surface area contributed by atoms with Crippen molar-refractivity contribution in [2.75, 3.05) is 6.73 Å². The number of halogens is 1. The number of fused-ring (bicyclic) bond motifs is 1. The fourth-order valence-corrected chi connectivity index (χ4v) is 1.29. The third kappa shape index (κ3) is 2.29. The molecule has 1 aromatic carbocycles. The average Bonchev–Trinajstić information content (AvgIpc) is 2.18. The molecular weight excluding hydrogens is 218 g/mol. The minimum atomic E-state index is -0.438. The molecule has 2 N–H and O–H groups in total. The van der Waals surface area contributed by atoms with E-state index in [1.54, 1.807) is 12.1 Å². The Morgan fingerprint density at radius 3 is 2.80 bits per heavy atom. The molecule has 80 valence electrons. The molecule has 0 aliphatic rings. The molecule has 0 aliphatic carbocycles. The zero-order valence-electron chi connectivity index (χ0n) is 7.80. The van der Waals surface area contributed by atoms with Crippen LogP contribution in [0.2, 0.25) is 0 Å². The van der Waals surface area contributed by atoms with Crippen LogP contribution in [0.15, 0.2) is 39.5 Å². The summed E-state index contributed by atoms with van der Waals surface area (Å²) in [7, 11) is 0. The van der Waals surface area contributed by atoms with Crippen LogP contribution in [0, 0.1) is 0 Å². The zero-order valence-corrected chi connectivity index (χ0v) is 8.62. The van der Waals surface area contributed by atoms with Crippen molar-refractivity contribution in [3.8, 4) is 5.75 Å². The van der Waals surface area contributed by atoms with Crippen molar-refractivity contribution in [3.05, 3.63) is 40.8 Å². The predicted octanol–water partition coefficient (Wildman–Crippen LogP) is 1.51. The lowest BCUT2D eigenvalue weighted by atomic mass is 10.2. The number of rotatable bonds is 2. The first kappa shape index (κ1) is 11.6. The van der Waals surface area contributed by atoms with Crippen molar-refractivity contribution >= 4 is 23.4 Å². The van der Waals surface area contributed by atoms with E-state index in [1.807, 2.05) is 12.1 Å². The molecule has 0 fully saturated rings. The molecule has 0 bridgehead atoms. The molecule has 15 heavy (non-hydrogen) atoms. The van der Waals surface area contributed by atoms with E-state index < -0.39 is 5.63 Å². The zero-order chi connectivity index (χ0) is 9.97. The van der Waals surface area contributed by atoms with Crippen molar-refractivity contribution in [2.45, 2.75) is 0 Å². The number of hydrogen-bond donors (Lipinski definition) is 1. The van der Waals surface area contributed by atoms with Crippen LogP contribution in [-0.4, -0.2) is 6.73 Å². The molecule has 0 aliphatic heterocycles. The molecule has 1 heterocycles. The SMILES string of the molecule is Cl.NCOc1cc(=O)oc2ccccc12. The summed E-state index contributed by atoms with van der Waals surface area (Å²) >= 11 is 0. The summed E-state index contributed by atoms with van der Waals surface area (Å²) in [4.78, 5) is 11.1. The van der Waals surface area contributed by atoms with Crippen molar-refractivity contribution in [1.29, 1.82) is 0 Å². The average molecular weight is 228 g/mol. The molecule has 0 unspecified atom stereocenters. The maximum absolute atomic E-state index is 11.1. The Bertz CT molecular complexity index is 509. The third-order valence-corrected chi connectivity index (χ3v) is 1.85. The highest BCUT2D eigenvalue weighted by Gasteiger charge is 2.04. The van der Waals surface area contributed by atoms with Gasteiger partial charge in [0.15, 0.2) is 0 Å². The van der Waals surface area contributed by atoms with Gasteiger partial charge in [-0.15, -0.1) is 12.4 Å². The van der Waals surface area contributed by atoms with Gasteiger partial charge >= 0.3 is 5.63 Å². The maximum atomic E-state index is 11.1. The van der Waals surface area contributed by atoms with E-state index in [0.717, 1.165) is 5.39 Å². The normalized spacial score (nSPS) is 9.67. The van der Waals surface area contributed by atoms with Gasteiger partial charge in [0.05, 0.1) is 11.5 Å². The van der Waals surface area contributed by atoms with Crippen LogP contribution in [0.3, 0.4) is 0 Å². The molecule has 0 radical (unpaired) electrons. The predicted molar refractivity (Wildman–Crippen MR) is 59.4 cm³/mol. The molecule has 0 saturated heterocycles. The Morgan fingerprint density at radius 1 is 1.33 bits per heavy atom. The number of benzene rings is 1. The van der Waals surface area contributed by atoms with Gasteiger partial charge in [0.25, 0.3) is 0 Å². The molecule has 2 rings (SSSR count). The van der Waals surface area contributed by atoms with Gasteiger partial charge in [-0.2, -0.15) is 0 Å². The fraction of sp³-hybridized carbons (Fsp3) is 0.100. The molecule has 4 nitrogen and oxygen atoms in total. The quantitative estimate of drug-likeness (QED) is 0.624. The highest BCUT2D eigenvalue weighted by atomic mass is 35.5. The second-order valence-corrected chi connectivity index (χ2v) is 2.74. The van der Waals surface area contributed by atoms with Gasteiger partial charge in [-0.25, -0.2) is 4.79 Å².